The minimum absolute atomic E-state index is 0.0112. The molecule has 126 valence electrons. The standard InChI is InChI=1S/C19H21NO4/c1-3-23-19(22)17-15(12-7-4-6-11(2)10-12)16-13(21)8-5-9-14(16)24-18(17)20/h4,6-7,10,15H,3,5,8-9,20H2,1-2H3/t15-/m1/s1. The number of benzene rings is 1. The van der Waals surface area contributed by atoms with Gasteiger partial charge < -0.3 is 15.2 Å². The Labute approximate surface area is 141 Å². The van der Waals surface area contributed by atoms with Crippen molar-refractivity contribution in [2.45, 2.75) is 39.0 Å². The van der Waals surface area contributed by atoms with Crippen molar-refractivity contribution in [2.75, 3.05) is 6.61 Å². The smallest absolute Gasteiger partial charge is 0.340 e. The molecule has 5 heteroatoms. The normalized spacial score (nSPS) is 20.6. The first-order valence-electron chi connectivity index (χ1n) is 8.20. The van der Waals surface area contributed by atoms with E-state index in [0.717, 1.165) is 17.5 Å². The van der Waals surface area contributed by atoms with Crippen molar-refractivity contribution in [3.63, 3.8) is 0 Å². The lowest BCUT2D eigenvalue weighted by Gasteiger charge is -2.32. The monoisotopic (exact) mass is 327 g/mol. The second-order valence-electron chi connectivity index (χ2n) is 6.06. The van der Waals surface area contributed by atoms with Gasteiger partial charge in [0.2, 0.25) is 5.88 Å². The van der Waals surface area contributed by atoms with Crippen LogP contribution in [-0.2, 0) is 19.1 Å². The molecule has 0 spiro atoms. The Morgan fingerprint density at radius 1 is 1.38 bits per heavy atom. The van der Waals surface area contributed by atoms with Crippen molar-refractivity contribution in [1.82, 2.24) is 0 Å². The van der Waals surface area contributed by atoms with E-state index < -0.39 is 11.9 Å². The number of hydrogen-bond acceptors (Lipinski definition) is 5. The van der Waals surface area contributed by atoms with E-state index >= 15 is 0 Å². The van der Waals surface area contributed by atoms with Crippen LogP contribution < -0.4 is 5.73 Å². The first-order valence-corrected chi connectivity index (χ1v) is 8.20. The Morgan fingerprint density at radius 3 is 2.88 bits per heavy atom. The quantitative estimate of drug-likeness (QED) is 0.864. The molecule has 0 radical (unpaired) electrons. The molecule has 24 heavy (non-hydrogen) atoms. The van der Waals surface area contributed by atoms with Crippen molar-refractivity contribution >= 4 is 11.8 Å². The number of hydrogen-bond donors (Lipinski definition) is 1. The summed E-state index contributed by atoms with van der Waals surface area (Å²) in [6.07, 6.45) is 1.85. The highest BCUT2D eigenvalue weighted by atomic mass is 16.5. The van der Waals surface area contributed by atoms with Gasteiger partial charge in [0.1, 0.15) is 11.3 Å². The summed E-state index contributed by atoms with van der Waals surface area (Å²) in [5, 5.41) is 0. The van der Waals surface area contributed by atoms with Crippen molar-refractivity contribution in [3.05, 3.63) is 58.2 Å². The lowest BCUT2D eigenvalue weighted by atomic mass is 9.77. The summed E-state index contributed by atoms with van der Waals surface area (Å²) in [6.45, 7) is 3.93. The molecule has 1 aliphatic heterocycles. The SMILES string of the molecule is CCOC(=O)C1=C(N)OC2=C(C(=O)CCC2)[C@H]1c1cccc(C)c1. The Bertz CT molecular complexity index is 760. The fourth-order valence-corrected chi connectivity index (χ4v) is 3.35. The van der Waals surface area contributed by atoms with Crippen LogP contribution in [0.2, 0.25) is 0 Å². The predicted molar refractivity (Wildman–Crippen MR) is 88.7 cm³/mol. The molecule has 0 bridgehead atoms. The van der Waals surface area contributed by atoms with E-state index in [9.17, 15) is 9.59 Å². The number of esters is 1. The second-order valence-corrected chi connectivity index (χ2v) is 6.06. The number of rotatable bonds is 3. The molecule has 2 N–H and O–H groups in total. The molecule has 0 saturated heterocycles. The highest BCUT2D eigenvalue weighted by Crippen LogP contribution is 2.44. The molecule has 2 aliphatic rings. The van der Waals surface area contributed by atoms with Gasteiger partial charge in [0.05, 0.1) is 12.5 Å². The van der Waals surface area contributed by atoms with Gasteiger partial charge in [-0.05, 0) is 25.8 Å². The lowest BCUT2D eigenvalue weighted by Crippen LogP contribution is -2.31. The zero-order valence-corrected chi connectivity index (χ0v) is 13.9. The number of carbonyl (C=O) groups excluding carboxylic acids is 2. The third kappa shape index (κ3) is 2.82. The van der Waals surface area contributed by atoms with Gasteiger partial charge in [-0.25, -0.2) is 4.79 Å². The van der Waals surface area contributed by atoms with Crippen molar-refractivity contribution < 1.29 is 19.1 Å². The number of Topliss-reactive ketones (excluding diaryl/α,β-unsaturated/α-hetero) is 1. The van der Waals surface area contributed by atoms with E-state index in [1.807, 2.05) is 31.2 Å². The lowest BCUT2D eigenvalue weighted by molar-refractivity contribution is -0.139. The van der Waals surface area contributed by atoms with E-state index in [4.69, 9.17) is 15.2 Å². The summed E-state index contributed by atoms with van der Waals surface area (Å²) in [5.41, 5.74) is 8.71. The Balaban J connectivity index is 2.17. The van der Waals surface area contributed by atoms with E-state index in [1.165, 1.54) is 0 Å². The van der Waals surface area contributed by atoms with Crippen molar-refractivity contribution in [1.29, 1.82) is 0 Å². The second kappa shape index (κ2) is 6.51. The number of nitrogens with two attached hydrogens (primary N) is 1. The number of allylic oxidation sites excluding steroid dienone is 2. The summed E-state index contributed by atoms with van der Waals surface area (Å²) < 4.78 is 10.8. The Kier molecular flexibility index (Phi) is 4.42. The Hall–Kier alpha value is -2.56. The summed E-state index contributed by atoms with van der Waals surface area (Å²) in [4.78, 5) is 25.1. The minimum atomic E-state index is -0.536. The molecule has 1 aromatic carbocycles. The number of aryl methyl sites for hydroxylation is 1. The first-order chi connectivity index (χ1) is 11.5. The van der Waals surface area contributed by atoms with Gasteiger partial charge in [-0.15, -0.1) is 0 Å². The highest BCUT2D eigenvalue weighted by Gasteiger charge is 2.41. The fraction of sp³-hybridized carbons (Fsp3) is 0.368. The van der Waals surface area contributed by atoms with Crippen LogP contribution in [0, 0.1) is 6.92 Å². The maximum absolute atomic E-state index is 12.6. The minimum Gasteiger partial charge on any atom is -0.462 e. The number of ketones is 1. The topological polar surface area (TPSA) is 78.6 Å². The zero-order chi connectivity index (χ0) is 17.3. The molecule has 1 aromatic rings. The largest absolute Gasteiger partial charge is 0.462 e. The highest BCUT2D eigenvalue weighted by molar-refractivity contribution is 6.03. The molecule has 0 saturated carbocycles. The maximum Gasteiger partial charge on any atom is 0.340 e. The van der Waals surface area contributed by atoms with Gasteiger partial charge in [-0.3, -0.25) is 4.79 Å². The van der Waals surface area contributed by atoms with Crippen LogP contribution in [0.4, 0.5) is 0 Å². The van der Waals surface area contributed by atoms with Gasteiger partial charge >= 0.3 is 5.97 Å². The maximum atomic E-state index is 12.6. The van der Waals surface area contributed by atoms with Crippen LogP contribution in [-0.4, -0.2) is 18.4 Å². The zero-order valence-electron chi connectivity index (χ0n) is 13.9. The summed E-state index contributed by atoms with van der Waals surface area (Å²) in [5.74, 6) is -0.430. The number of carbonyl (C=O) groups is 2. The van der Waals surface area contributed by atoms with Gasteiger partial charge in [0.25, 0.3) is 0 Å². The molecule has 0 amide bonds. The van der Waals surface area contributed by atoms with E-state index in [1.54, 1.807) is 6.92 Å². The van der Waals surface area contributed by atoms with Crippen LogP contribution in [0.5, 0.6) is 0 Å². The van der Waals surface area contributed by atoms with E-state index in [2.05, 4.69) is 0 Å². The van der Waals surface area contributed by atoms with Crippen molar-refractivity contribution in [3.8, 4) is 0 Å². The van der Waals surface area contributed by atoms with Crippen molar-refractivity contribution in [2.24, 2.45) is 5.73 Å². The summed E-state index contributed by atoms with van der Waals surface area (Å²) >= 11 is 0. The molecule has 1 heterocycles. The van der Waals surface area contributed by atoms with Gasteiger partial charge in [0.15, 0.2) is 5.78 Å². The molecule has 0 unspecified atom stereocenters. The van der Waals surface area contributed by atoms with Gasteiger partial charge in [0, 0.05) is 18.4 Å². The molecule has 0 aromatic heterocycles. The summed E-state index contributed by atoms with van der Waals surface area (Å²) in [7, 11) is 0. The third-order valence-corrected chi connectivity index (χ3v) is 4.36. The van der Waals surface area contributed by atoms with Gasteiger partial charge in [-0.1, -0.05) is 29.8 Å². The van der Waals surface area contributed by atoms with Crippen LogP contribution >= 0.6 is 0 Å². The average molecular weight is 327 g/mol. The van der Waals surface area contributed by atoms with Crippen LogP contribution in [0.1, 0.15) is 43.2 Å². The molecule has 3 rings (SSSR count). The van der Waals surface area contributed by atoms with Gasteiger partial charge in [-0.2, -0.15) is 0 Å². The van der Waals surface area contributed by atoms with E-state index in [-0.39, 0.29) is 23.8 Å². The molecule has 0 fully saturated rings. The fourth-order valence-electron chi connectivity index (χ4n) is 3.35. The molecule has 1 atom stereocenters. The molecule has 5 nitrogen and oxygen atoms in total. The van der Waals surface area contributed by atoms with E-state index in [0.29, 0.717) is 24.2 Å². The predicted octanol–water partition coefficient (Wildman–Crippen LogP) is 2.85. The molecule has 1 aliphatic carbocycles. The Morgan fingerprint density at radius 2 is 2.17 bits per heavy atom. The van der Waals surface area contributed by atoms with Crippen LogP contribution in [0.25, 0.3) is 0 Å². The van der Waals surface area contributed by atoms with Crippen LogP contribution in [0.3, 0.4) is 0 Å². The molecular formula is C19H21NO4. The summed E-state index contributed by atoms with van der Waals surface area (Å²) in [6, 6.07) is 7.75. The average Bonchev–Trinajstić information content (AvgIpc) is 2.54. The molecular weight excluding hydrogens is 306 g/mol. The third-order valence-electron chi connectivity index (χ3n) is 4.36. The van der Waals surface area contributed by atoms with Crippen LogP contribution in [0.15, 0.2) is 47.1 Å². The number of ether oxygens (including phenoxy) is 2. The first kappa shape index (κ1) is 16.3.